The SMILES string of the molecule is CCC1CCC(OCC2C(NS(C)(=O)=O)CCc3c(F)cc(C)c(=O)n32)CC1. The number of aromatic nitrogens is 1. The molecule has 28 heavy (non-hydrogen) atoms. The van der Waals surface area contributed by atoms with E-state index >= 15 is 0 Å². The summed E-state index contributed by atoms with van der Waals surface area (Å²) in [5, 5.41) is 0. The van der Waals surface area contributed by atoms with Gasteiger partial charge < -0.3 is 9.30 Å². The van der Waals surface area contributed by atoms with Gasteiger partial charge in [-0.15, -0.1) is 0 Å². The molecule has 2 atom stereocenters. The van der Waals surface area contributed by atoms with Crippen LogP contribution in [-0.4, -0.2) is 38.0 Å². The number of rotatable bonds is 6. The van der Waals surface area contributed by atoms with Gasteiger partial charge in [0.05, 0.1) is 30.7 Å². The van der Waals surface area contributed by atoms with Crippen molar-refractivity contribution in [2.45, 2.75) is 77.0 Å². The minimum atomic E-state index is -3.46. The molecule has 0 amide bonds. The maximum atomic E-state index is 14.5. The molecule has 158 valence electrons. The van der Waals surface area contributed by atoms with E-state index in [9.17, 15) is 17.6 Å². The molecular formula is C20H31FN2O4S. The predicted octanol–water partition coefficient (Wildman–Crippen LogP) is 2.69. The molecule has 6 nitrogen and oxygen atoms in total. The van der Waals surface area contributed by atoms with Gasteiger partial charge in [0, 0.05) is 11.6 Å². The predicted molar refractivity (Wildman–Crippen MR) is 107 cm³/mol. The number of fused-ring (bicyclic) bond motifs is 1. The third kappa shape index (κ3) is 4.83. The highest BCUT2D eigenvalue weighted by Crippen LogP contribution is 2.31. The molecule has 2 aliphatic rings. The van der Waals surface area contributed by atoms with Crippen LogP contribution in [0.3, 0.4) is 0 Å². The van der Waals surface area contributed by atoms with Crippen LogP contribution in [0, 0.1) is 18.7 Å². The van der Waals surface area contributed by atoms with Gasteiger partial charge >= 0.3 is 0 Å². The van der Waals surface area contributed by atoms with Crippen LogP contribution >= 0.6 is 0 Å². The summed E-state index contributed by atoms with van der Waals surface area (Å²) in [5.74, 6) is 0.331. The summed E-state index contributed by atoms with van der Waals surface area (Å²) in [6.07, 6.45) is 7.33. The van der Waals surface area contributed by atoms with E-state index in [2.05, 4.69) is 11.6 Å². The highest BCUT2D eigenvalue weighted by molar-refractivity contribution is 7.88. The van der Waals surface area contributed by atoms with Crippen molar-refractivity contribution >= 4 is 10.0 Å². The maximum absolute atomic E-state index is 14.5. The summed E-state index contributed by atoms with van der Waals surface area (Å²) in [6.45, 7) is 3.98. The Hall–Kier alpha value is -1.25. The van der Waals surface area contributed by atoms with E-state index in [-0.39, 0.29) is 18.3 Å². The molecule has 8 heteroatoms. The summed E-state index contributed by atoms with van der Waals surface area (Å²) in [7, 11) is -3.46. The molecular weight excluding hydrogens is 383 g/mol. The van der Waals surface area contributed by atoms with Crippen molar-refractivity contribution in [2.24, 2.45) is 5.92 Å². The van der Waals surface area contributed by atoms with E-state index in [1.54, 1.807) is 6.92 Å². The molecule has 2 heterocycles. The molecule has 1 aliphatic heterocycles. The third-order valence-corrected chi connectivity index (χ3v) is 6.92. The smallest absolute Gasteiger partial charge is 0.254 e. The first kappa shape index (κ1) is 21.5. The van der Waals surface area contributed by atoms with Gasteiger partial charge in [-0.3, -0.25) is 4.79 Å². The largest absolute Gasteiger partial charge is 0.376 e. The molecule has 0 radical (unpaired) electrons. The highest BCUT2D eigenvalue weighted by Gasteiger charge is 2.35. The first-order valence-electron chi connectivity index (χ1n) is 10.2. The Morgan fingerprint density at radius 2 is 1.93 bits per heavy atom. The van der Waals surface area contributed by atoms with E-state index in [0.29, 0.717) is 24.1 Å². The second-order valence-corrected chi connectivity index (χ2v) is 10.1. The number of aryl methyl sites for hydroxylation is 1. The molecule has 0 aromatic carbocycles. The fourth-order valence-electron chi connectivity index (χ4n) is 4.56. The molecule has 1 N–H and O–H groups in total. The number of nitrogens with zero attached hydrogens (tertiary/aromatic N) is 1. The van der Waals surface area contributed by atoms with Crippen molar-refractivity contribution in [1.82, 2.24) is 9.29 Å². The molecule has 3 rings (SSSR count). The number of halogens is 1. The first-order chi connectivity index (χ1) is 13.2. The van der Waals surface area contributed by atoms with Gasteiger partial charge in [-0.2, -0.15) is 0 Å². The molecule has 0 spiro atoms. The van der Waals surface area contributed by atoms with Crippen molar-refractivity contribution in [3.05, 3.63) is 33.5 Å². The fourth-order valence-corrected chi connectivity index (χ4v) is 5.39. The lowest BCUT2D eigenvalue weighted by Gasteiger charge is -2.37. The van der Waals surface area contributed by atoms with Crippen molar-refractivity contribution in [2.75, 3.05) is 12.9 Å². The molecule has 1 aromatic rings. The minimum Gasteiger partial charge on any atom is -0.376 e. The monoisotopic (exact) mass is 414 g/mol. The Balaban J connectivity index is 1.85. The zero-order valence-electron chi connectivity index (χ0n) is 16.9. The Labute approximate surface area is 166 Å². The van der Waals surface area contributed by atoms with Crippen LogP contribution in [0.15, 0.2) is 10.9 Å². The van der Waals surface area contributed by atoms with Crippen LogP contribution in [-0.2, 0) is 21.2 Å². The second-order valence-electron chi connectivity index (χ2n) is 8.28. The Morgan fingerprint density at radius 3 is 2.54 bits per heavy atom. The van der Waals surface area contributed by atoms with Crippen LogP contribution in [0.5, 0.6) is 0 Å². The lowest BCUT2D eigenvalue weighted by atomic mass is 9.86. The average Bonchev–Trinajstić information content (AvgIpc) is 2.64. The zero-order chi connectivity index (χ0) is 20.5. The van der Waals surface area contributed by atoms with E-state index in [1.165, 1.54) is 17.1 Å². The Bertz CT molecular complexity index is 860. The molecule has 2 unspecified atom stereocenters. The lowest BCUT2D eigenvalue weighted by Crippen LogP contribution is -2.50. The fraction of sp³-hybridized carbons (Fsp3) is 0.750. The topological polar surface area (TPSA) is 77.4 Å². The van der Waals surface area contributed by atoms with E-state index in [1.807, 2.05) is 0 Å². The molecule has 0 bridgehead atoms. The quantitative estimate of drug-likeness (QED) is 0.776. The van der Waals surface area contributed by atoms with Gasteiger partial charge in [0.1, 0.15) is 5.82 Å². The molecule has 0 saturated heterocycles. The van der Waals surface area contributed by atoms with Crippen LogP contribution < -0.4 is 10.3 Å². The van der Waals surface area contributed by atoms with E-state index in [0.717, 1.165) is 37.9 Å². The third-order valence-electron chi connectivity index (χ3n) is 6.19. The number of ether oxygens (including phenoxy) is 1. The van der Waals surface area contributed by atoms with E-state index in [4.69, 9.17) is 4.74 Å². The van der Waals surface area contributed by atoms with Crippen LogP contribution in [0.2, 0.25) is 0 Å². The summed E-state index contributed by atoms with van der Waals surface area (Å²) < 4.78 is 48.4. The summed E-state index contributed by atoms with van der Waals surface area (Å²) in [5.41, 5.74) is 0.375. The minimum absolute atomic E-state index is 0.109. The summed E-state index contributed by atoms with van der Waals surface area (Å²) in [6, 6.07) is 0.222. The maximum Gasteiger partial charge on any atom is 0.254 e. The first-order valence-corrected chi connectivity index (χ1v) is 12.1. The highest BCUT2D eigenvalue weighted by atomic mass is 32.2. The Morgan fingerprint density at radius 1 is 1.25 bits per heavy atom. The average molecular weight is 415 g/mol. The number of pyridine rings is 1. The number of sulfonamides is 1. The molecule has 1 fully saturated rings. The van der Waals surface area contributed by atoms with Gasteiger partial charge in [0.2, 0.25) is 10.0 Å². The van der Waals surface area contributed by atoms with Crippen molar-refractivity contribution in [3.63, 3.8) is 0 Å². The van der Waals surface area contributed by atoms with Crippen LogP contribution in [0.25, 0.3) is 0 Å². The van der Waals surface area contributed by atoms with E-state index < -0.39 is 27.9 Å². The summed E-state index contributed by atoms with van der Waals surface area (Å²) >= 11 is 0. The normalized spacial score (nSPS) is 28.1. The van der Waals surface area contributed by atoms with Crippen LogP contribution in [0.1, 0.15) is 62.7 Å². The van der Waals surface area contributed by atoms with Gasteiger partial charge in [0.25, 0.3) is 5.56 Å². The van der Waals surface area contributed by atoms with Gasteiger partial charge in [-0.1, -0.05) is 13.3 Å². The molecule has 1 saturated carbocycles. The zero-order valence-corrected chi connectivity index (χ0v) is 17.7. The van der Waals surface area contributed by atoms with Crippen molar-refractivity contribution in [1.29, 1.82) is 0 Å². The van der Waals surface area contributed by atoms with Crippen molar-refractivity contribution < 1.29 is 17.5 Å². The lowest BCUT2D eigenvalue weighted by molar-refractivity contribution is -0.00720. The second kappa shape index (κ2) is 8.63. The number of hydrogen-bond donors (Lipinski definition) is 1. The van der Waals surface area contributed by atoms with Gasteiger partial charge in [-0.25, -0.2) is 17.5 Å². The standard InChI is InChI=1S/C20H31FN2O4S/c1-4-14-5-7-15(8-6-14)27-12-19-17(22-28(3,25)26)9-10-18-16(21)11-13(2)20(24)23(18)19/h11,14-15,17,19,22H,4-10,12H2,1-3H3. The van der Waals surface area contributed by atoms with Gasteiger partial charge in [-0.05, 0) is 57.4 Å². The Kier molecular flexibility index (Phi) is 6.61. The number of hydrogen-bond acceptors (Lipinski definition) is 4. The molecule has 1 aliphatic carbocycles. The summed E-state index contributed by atoms with van der Waals surface area (Å²) in [4.78, 5) is 12.8. The van der Waals surface area contributed by atoms with Gasteiger partial charge in [0.15, 0.2) is 0 Å². The molecule has 1 aromatic heterocycles. The van der Waals surface area contributed by atoms with Crippen LogP contribution in [0.4, 0.5) is 4.39 Å². The van der Waals surface area contributed by atoms with Crippen molar-refractivity contribution in [3.8, 4) is 0 Å². The number of nitrogens with one attached hydrogen (secondary N) is 1.